The molecule has 1 aromatic heterocycles. The van der Waals surface area contributed by atoms with Crippen molar-refractivity contribution in [1.82, 2.24) is 15.2 Å². The van der Waals surface area contributed by atoms with Crippen molar-refractivity contribution in [3.05, 3.63) is 65.4 Å². The summed E-state index contributed by atoms with van der Waals surface area (Å²) in [7, 11) is 3.25. The second kappa shape index (κ2) is 8.12. The molecule has 0 saturated heterocycles. The van der Waals surface area contributed by atoms with Gasteiger partial charge in [0.15, 0.2) is 17.3 Å². The van der Waals surface area contributed by atoms with Crippen LogP contribution in [0.15, 0.2) is 48.7 Å². The third-order valence-electron chi connectivity index (χ3n) is 4.90. The number of methoxy groups -OCH3 is 2. The average molecular weight is 377 g/mol. The zero-order valence-electron chi connectivity index (χ0n) is 16.1. The lowest BCUT2D eigenvalue weighted by atomic mass is 10.0. The standard InChI is InChI=1S/C21H23N5O2/c1-27-18-8-7-15(11-19(18)28-2)12-22-21-24-20(13-23-25-21)26-10-9-16-5-3-4-6-17(16)14-26/h3-8,11,13H,9-10,12,14H2,1-2H3,(H,22,24,25). The highest BCUT2D eigenvalue weighted by molar-refractivity contribution is 5.46. The first kappa shape index (κ1) is 18.0. The Bertz CT molecular complexity index is 963. The molecule has 0 saturated carbocycles. The van der Waals surface area contributed by atoms with E-state index in [1.807, 2.05) is 18.2 Å². The summed E-state index contributed by atoms with van der Waals surface area (Å²) in [5.41, 5.74) is 3.79. The van der Waals surface area contributed by atoms with Gasteiger partial charge in [-0.05, 0) is 35.2 Å². The van der Waals surface area contributed by atoms with Gasteiger partial charge in [0.05, 0.1) is 20.4 Å². The first-order chi connectivity index (χ1) is 13.8. The Labute approximate surface area is 164 Å². The predicted octanol–water partition coefficient (Wildman–Crippen LogP) is 3.06. The number of hydrogen-bond donors (Lipinski definition) is 1. The minimum absolute atomic E-state index is 0.506. The topological polar surface area (TPSA) is 72.4 Å². The van der Waals surface area contributed by atoms with E-state index in [-0.39, 0.29) is 0 Å². The molecule has 0 spiro atoms. The molecule has 0 aliphatic carbocycles. The fourth-order valence-corrected chi connectivity index (χ4v) is 3.39. The van der Waals surface area contributed by atoms with Crippen molar-refractivity contribution in [3.8, 4) is 11.5 Å². The zero-order chi connectivity index (χ0) is 19.3. The van der Waals surface area contributed by atoms with Crippen molar-refractivity contribution in [2.45, 2.75) is 19.5 Å². The first-order valence-electron chi connectivity index (χ1n) is 9.23. The predicted molar refractivity (Wildman–Crippen MR) is 108 cm³/mol. The number of aromatic nitrogens is 3. The molecule has 1 N–H and O–H groups in total. The molecule has 1 aliphatic heterocycles. The monoisotopic (exact) mass is 377 g/mol. The molecule has 4 rings (SSSR count). The smallest absolute Gasteiger partial charge is 0.244 e. The molecule has 0 unspecified atom stereocenters. The number of ether oxygens (including phenoxy) is 2. The van der Waals surface area contributed by atoms with Crippen molar-refractivity contribution in [2.75, 3.05) is 31.0 Å². The summed E-state index contributed by atoms with van der Waals surface area (Å²) in [6.07, 6.45) is 2.73. The quantitative estimate of drug-likeness (QED) is 0.708. The highest BCUT2D eigenvalue weighted by atomic mass is 16.5. The SMILES string of the molecule is COc1ccc(CNc2nncc(N3CCc4ccccc4C3)n2)cc1OC. The van der Waals surface area contributed by atoms with E-state index in [2.05, 4.69) is 49.7 Å². The molecule has 2 aromatic carbocycles. The van der Waals surface area contributed by atoms with Crippen LogP contribution in [0.4, 0.5) is 11.8 Å². The minimum Gasteiger partial charge on any atom is -0.493 e. The van der Waals surface area contributed by atoms with Gasteiger partial charge in [-0.15, -0.1) is 5.10 Å². The van der Waals surface area contributed by atoms with E-state index in [1.54, 1.807) is 20.4 Å². The van der Waals surface area contributed by atoms with Crippen molar-refractivity contribution in [1.29, 1.82) is 0 Å². The van der Waals surface area contributed by atoms with E-state index in [0.717, 1.165) is 30.9 Å². The molecule has 1 aliphatic rings. The lowest BCUT2D eigenvalue weighted by Gasteiger charge is -2.29. The molecule has 0 radical (unpaired) electrons. The highest BCUT2D eigenvalue weighted by Crippen LogP contribution is 2.28. The van der Waals surface area contributed by atoms with E-state index in [9.17, 15) is 0 Å². The summed E-state index contributed by atoms with van der Waals surface area (Å²) in [6.45, 7) is 2.32. The average Bonchev–Trinajstić information content (AvgIpc) is 2.77. The molecule has 0 bridgehead atoms. The Hall–Kier alpha value is -3.35. The molecule has 0 atom stereocenters. The number of benzene rings is 2. The Morgan fingerprint density at radius 2 is 1.86 bits per heavy atom. The second-order valence-corrected chi connectivity index (χ2v) is 6.62. The van der Waals surface area contributed by atoms with Crippen LogP contribution in [0, 0.1) is 0 Å². The maximum Gasteiger partial charge on any atom is 0.244 e. The molecular formula is C21H23N5O2. The fourth-order valence-electron chi connectivity index (χ4n) is 3.39. The molecule has 2 heterocycles. The number of rotatable bonds is 6. The van der Waals surface area contributed by atoms with Crippen LogP contribution in [-0.4, -0.2) is 35.9 Å². The van der Waals surface area contributed by atoms with Gasteiger partial charge in [0.1, 0.15) is 0 Å². The van der Waals surface area contributed by atoms with Gasteiger partial charge in [-0.1, -0.05) is 30.3 Å². The minimum atomic E-state index is 0.506. The molecule has 0 amide bonds. The second-order valence-electron chi connectivity index (χ2n) is 6.62. The highest BCUT2D eigenvalue weighted by Gasteiger charge is 2.18. The summed E-state index contributed by atoms with van der Waals surface area (Å²) in [4.78, 5) is 6.88. The first-order valence-corrected chi connectivity index (χ1v) is 9.23. The van der Waals surface area contributed by atoms with Gasteiger partial charge in [-0.3, -0.25) is 0 Å². The van der Waals surface area contributed by atoms with Crippen molar-refractivity contribution >= 4 is 11.8 Å². The molecule has 7 nitrogen and oxygen atoms in total. The Kier molecular flexibility index (Phi) is 5.23. The Morgan fingerprint density at radius 3 is 2.68 bits per heavy atom. The molecule has 7 heteroatoms. The number of nitrogens with zero attached hydrogens (tertiary/aromatic N) is 4. The van der Waals surface area contributed by atoms with E-state index in [4.69, 9.17) is 9.47 Å². The summed E-state index contributed by atoms with van der Waals surface area (Å²) >= 11 is 0. The van der Waals surface area contributed by atoms with E-state index >= 15 is 0 Å². The largest absolute Gasteiger partial charge is 0.493 e. The molecule has 28 heavy (non-hydrogen) atoms. The summed E-state index contributed by atoms with van der Waals surface area (Å²) in [6, 6.07) is 14.3. The third kappa shape index (κ3) is 3.83. The van der Waals surface area contributed by atoms with Crippen LogP contribution in [0.2, 0.25) is 0 Å². The van der Waals surface area contributed by atoms with Gasteiger partial charge in [-0.25, -0.2) is 0 Å². The van der Waals surface area contributed by atoms with Crippen molar-refractivity contribution in [3.63, 3.8) is 0 Å². The number of fused-ring (bicyclic) bond motifs is 1. The summed E-state index contributed by atoms with van der Waals surface area (Å²) in [5.74, 6) is 2.74. The van der Waals surface area contributed by atoms with Crippen LogP contribution in [0.25, 0.3) is 0 Å². The Morgan fingerprint density at radius 1 is 1.04 bits per heavy atom. The lowest BCUT2D eigenvalue weighted by Crippen LogP contribution is -2.31. The summed E-state index contributed by atoms with van der Waals surface area (Å²) < 4.78 is 10.6. The van der Waals surface area contributed by atoms with E-state index in [0.29, 0.717) is 24.0 Å². The maximum absolute atomic E-state index is 5.35. The maximum atomic E-state index is 5.35. The summed E-state index contributed by atoms with van der Waals surface area (Å²) in [5, 5.41) is 11.5. The fraction of sp³-hybridized carbons (Fsp3) is 0.286. The third-order valence-corrected chi connectivity index (χ3v) is 4.90. The van der Waals surface area contributed by atoms with Crippen LogP contribution in [0.3, 0.4) is 0 Å². The van der Waals surface area contributed by atoms with Crippen LogP contribution >= 0.6 is 0 Å². The van der Waals surface area contributed by atoms with E-state index < -0.39 is 0 Å². The van der Waals surface area contributed by atoms with Crippen LogP contribution in [0.1, 0.15) is 16.7 Å². The van der Waals surface area contributed by atoms with Gasteiger partial charge < -0.3 is 19.7 Å². The molecule has 0 fully saturated rings. The van der Waals surface area contributed by atoms with Gasteiger partial charge >= 0.3 is 0 Å². The van der Waals surface area contributed by atoms with E-state index in [1.165, 1.54) is 11.1 Å². The molecule has 3 aromatic rings. The molecular weight excluding hydrogens is 354 g/mol. The zero-order valence-corrected chi connectivity index (χ0v) is 16.1. The number of hydrogen-bond acceptors (Lipinski definition) is 7. The van der Waals surface area contributed by atoms with Gasteiger partial charge in [-0.2, -0.15) is 10.1 Å². The lowest BCUT2D eigenvalue weighted by molar-refractivity contribution is 0.354. The Balaban J connectivity index is 1.45. The van der Waals surface area contributed by atoms with Crippen LogP contribution in [-0.2, 0) is 19.5 Å². The van der Waals surface area contributed by atoms with Gasteiger partial charge in [0.2, 0.25) is 5.95 Å². The van der Waals surface area contributed by atoms with Gasteiger partial charge in [0, 0.05) is 19.6 Å². The van der Waals surface area contributed by atoms with Crippen molar-refractivity contribution in [2.24, 2.45) is 0 Å². The van der Waals surface area contributed by atoms with Crippen molar-refractivity contribution < 1.29 is 9.47 Å². The molecule has 144 valence electrons. The van der Waals surface area contributed by atoms with Crippen LogP contribution in [0.5, 0.6) is 11.5 Å². The number of anilines is 2. The number of nitrogens with one attached hydrogen (secondary N) is 1. The normalized spacial score (nSPS) is 13.0. The van der Waals surface area contributed by atoms with Crippen LogP contribution < -0.4 is 19.7 Å². The van der Waals surface area contributed by atoms with Gasteiger partial charge in [0.25, 0.3) is 0 Å².